The Morgan fingerprint density at radius 2 is 1.90 bits per heavy atom. The molecule has 1 fully saturated rings. The molecule has 0 spiro atoms. The van der Waals surface area contributed by atoms with Crippen molar-refractivity contribution in [2.45, 2.75) is 83.9 Å². The Bertz CT molecular complexity index is 675. The lowest BCUT2D eigenvalue weighted by molar-refractivity contribution is 0.0313. The van der Waals surface area contributed by atoms with E-state index in [0.29, 0.717) is 24.3 Å². The van der Waals surface area contributed by atoms with Gasteiger partial charge in [-0.25, -0.2) is 4.79 Å². The number of ether oxygens (including phenoxy) is 3. The third-order valence-corrected chi connectivity index (χ3v) is 6.78. The maximum absolute atomic E-state index is 12.1. The van der Waals surface area contributed by atoms with Crippen molar-refractivity contribution < 1.29 is 19.0 Å². The van der Waals surface area contributed by atoms with Gasteiger partial charge in [-0.1, -0.05) is 13.8 Å². The second kappa shape index (κ2) is 13.3. The van der Waals surface area contributed by atoms with Crippen LogP contribution in [-0.2, 0) is 15.4 Å². The van der Waals surface area contributed by atoms with E-state index in [0.717, 1.165) is 49.6 Å². The second-order valence-electron chi connectivity index (χ2n) is 8.44. The number of rotatable bonds is 12. The van der Waals surface area contributed by atoms with E-state index in [1.165, 1.54) is 12.8 Å². The van der Waals surface area contributed by atoms with E-state index in [9.17, 15) is 4.79 Å². The van der Waals surface area contributed by atoms with Gasteiger partial charge in [-0.05, 0) is 82.2 Å². The first-order valence-corrected chi connectivity index (χ1v) is 12.3. The van der Waals surface area contributed by atoms with Crippen LogP contribution in [-0.4, -0.2) is 55.9 Å². The number of hydrogen-bond donors (Lipinski definition) is 0. The molecule has 2 rings (SSSR count). The standard InChI is InChI=1S/C25H40ClNO4/c1-6-24(27(7-2)17-19-9-11-21(29-5)12-10-19)18(4)31-22-13-14-23(20(15-22)16-26)25(28)30-8-3/h13-15,18-19,21,24H,6-12,16-17H2,1-5H3. The summed E-state index contributed by atoms with van der Waals surface area (Å²) in [6, 6.07) is 5.79. The Labute approximate surface area is 193 Å². The SMILES string of the molecule is CCOC(=O)c1ccc(OC(C)C(CC)N(CC)CC2CCC(OC)CC2)cc1CCl. The number of methoxy groups -OCH3 is 1. The molecule has 0 aromatic heterocycles. The molecule has 1 aliphatic rings. The van der Waals surface area contributed by atoms with Crippen molar-refractivity contribution in [3.05, 3.63) is 29.3 Å². The minimum Gasteiger partial charge on any atom is -0.489 e. The number of hydrogen-bond acceptors (Lipinski definition) is 5. The molecule has 5 nitrogen and oxygen atoms in total. The number of nitrogens with zero attached hydrogens (tertiary/aromatic N) is 1. The van der Waals surface area contributed by atoms with Crippen LogP contribution in [0.2, 0.25) is 0 Å². The van der Waals surface area contributed by atoms with E-state index in [4.69, 9.17) is 25.8 Å². The molecule has 1 aromatic carbocycles. The molecular formula is C25H40ClNO4. The summed E-state index contributed by atoms with van der Waals surface area (Å²) in [4.78, 5) is 14.7. The summed E-state index contributed by atoms with van der Waals surface area (Å²) in [5, 5.41) is 0. The predicted octanol–water partition coefficient (Wildman–Crippen LogP) is 5.68. The van der Waals surface area contributed by atoms with Crippen molar-refractivity contribution in [3.8, 4) is 5.75 Å². The molecule has 1 aliphatic carbocycles. The average Bonchev–Trinajstić information content (AvgIpc) is 2.79. The molecule has 0 saturated heterocycles. The fraction of sp³-hybridized carbons (Fsp3) is 0.720. The molecule has 0 heterocycles. The van der Waals surface area contributed by atoms with Crippen LogP contribution in [0.15, 0.2) is 18.2 Å². The second-order valence-corrected chi connectivity index (χ2v) is 8.70. The Hall–Kier alpha value is -1.30. The molecule has 176 valence electrons. The maximum atomic E-state index is 12.1. The van der Waals surface area contributed by atoms with Gasteiger partial charge in [0.2, 0.25) is 0 Å². The highest BCUT2D eigenvalue weighted by atomic mass is 35.5. The Morgan fingerprint density at radius 1 is 1.19 bits per heavy atom. The third-order valence-electron chi connectivity index (χ3n) is 6.49. The molecule has 0 bridgehead atoms. The smallest absolute Gasteiger partial charge is 0.338 e. The number of carbonyl (C=O) groups is 1. The first-order chi connectivity index (χ1) is 15.0. The summed E-state index contributed by atoms with van der Waals surface area (Å²) in [5.41, 5.74) is 1.24. The summed E-state index contributed by atoms with van der Waals surface area (Å²) < 4.78 is 17.0. The van der Waals surface area contributed by atoms with Gasteiger partial charge in [-0.2, -0.15) is 0 Å². The van der Waals surface area contributed by atoms with E-state index in [2.05, 4.69) is 25.7 Å². The van der Waals surface area contributed by atoms with Crippen molar-refractivity contribution in [1.29, 1.82) is 0 Å². The van der Waals surface area contributed by atoms with Crippen LogP contribution in [0.4, 0.5) is 0 Å². The zero-order valence-electron chi connectivity index (χ0n) is 19.9. The first-order valence-electron chi connectivity index (χ1n) is 11.8. The summed E-state index contributed by atoms with van der Waals surface area (Å²) in [7, 11) is 1.82. The Balaban J connectivity index is 2.03. The van der Waals surface area contributed by atoms with Crippen LogP contribution in [0.3, 0.4) is 0 Å². The summed E-state index contributed by atoms with van der Waals surface area (Å²) >= 11 is 6.10. The van der Waals surface area contributed by atoms with Gasteiger partial charge in [0.15, 0.2) is 0 Å². The van der Waals surface area contributed by atoms with Gasteiger partial charge in [0.05, 0.1) is 18.3 Å². The zero-order chi connectivity index (χ0) is 22.8. The van der Waals surface area contributed by atoms with Gasteiger partial charge in [0.1, 0.15) is 11.9 Å². The quantitative estimate of drug-likeness (QED) is 0.301. The van der Waals surface area contributed by atoms with Gasteiger partial charge in [0.25, 0.3) is 0 Å². The summed E-state index contributed by atoms with van der Waals surface area (Å²) in [5.74, 6) is 1.36. The molecule has 1 aromatic rings. The lowest BCUT2D eigenvalue weighted by Gasteiger charge is -2.38. The van der Waals surface area contributed by atoms with Crippen molar-refractivity contribution in [2.24, 2.45) is 5.92 Å². The van der Waals surface area contributed by atoms with E-state index in [1.54, 1.807) is 13.0 Å². The van der Waals surface area contributed by atoms with Crippen LogP contribution in [0.5, 0.6) is 5.75 Å². The number of alkyl halides is 1. The molecule has 31 heavy (non-hydrogen) atoms. The molecule has 0 radical (unpaired) electrons. The van der Waals surface area contributed by atoms with Gasteiger partial charge < -0.3 is 14.2 Å². The largest absolute Gasteiger partial charge is 0.489 e. The molecule has 2 unspecified atom stereocenters. The number of benzene rings is 1. The topological polar surface area (TPSA) is 48.0 Å². The fourth-order valence-electron chi connectivity index (χ4n) is 4.72. The van der Waals surface area contributed by atoms with Crippen molar-refractivity contribution in [3.63, 3.8) is 0 Å². The number of esters is 1. The highest BCUT2D eigenvalue weighted by Crippen LogP contribution is 2.28. The average molecular weight is 454 g/mol. The monoisotopic (exact) mass is 453 g/mol. The van der Waals surface area contributed by atoms with Crippen molar-refractivity contribution >= 4 is 17.6 Å². The van der Waals surface area contributed by atoms with Crippen molar-refractivity contribution in [2.75, 3.05) is 26.8 Å². The Kier molecular flexibility index (Phi) is 11.1. The highest BCUT2D eigenvalue weighted by molar-refractivity contribution is 6.17. The molecular weight excluding hydrogens is 414 g/mol. The van der Waals surface area contributed by atoms with Crippen LogP contribution >= 0.6 is 11.6 Å². The minimum absolute atomic E-state index is 0.0249. The molecule has 2 atom stereocenters. The van der Waals surface area contributed by atoms with Crippen LogP contribution < -0.4 is 4.74 Å². The highest BCUT2D eigenvalue weighted by Gasteiger charge is 2.28. The van der Waals surface area contributed by atoms with Gasteiger partial charge in [0, 0.05) is 25.6 Å². The number of halogens is 1. The molecule has 1 saturated carbocycles. The van der Waals surface area contributed by atoms with E-state index in [1.807, 2.05) is 19.2 Å². The van der Waals surface area contributed by atoms with Gasteiger partial charge in [-0.3, -0.25) is 4.90 Å². The zero-order valence-corrected chi connectivity index (χ0v) is 20.6. The molecule has 6 heteroatoms. The fourth-order valence-corrected chi connectivity index (χ4v) is 4.94. The number of likely N-dealkylation sites (N-methyl/N-ethyl adjacent to an activating group) is 1. The van der Waals surface area contributed by atoms with Crippen LogP contribution in [0.1, 0.15) is 75.7 Å². The van der Waals surface area contributed by atoms with E-state index < -0.39 is 0 Å². The molecule has 0 N–H and O–H groups in total. The minimum atomic E-state index is -0.343. The maximum Gasteiger partial charge on any atom is 0.338 e. The van der Waals surface area contributed by atoms with Crippen LogP contribution in [0.25, 0.3) is 0 Å². The van der Waals surface area contributed by atoms with Crippen LogP contribution in [0, 0.1) is 5.92 Å². The summed E-state index contributed by atoms with van der Waals surface area (Å²) in [6.45, 7) is 10.8. The first kappa shape index (κ1) is 26.0. The lowest BCUT2D eigenvalue weighted by Crippen LogP contribution is -2.47. The Morgan fingerprint density at radius 3 is 2.45 bits per heavy atom. The van der Waals surface area contributed by atoms with E-state index >= 15 is 0 Å². The van der Waals surface area contributed by atoms with Crippen molar-refractivity contribution in [1.82, 2.24) is 4.90 Å². The third kappa shape index (κ3) is 7.37. The molecule has 0 aliphatic heterocycles. The number of carbonyl (C=O) groups excluding carboxylic acids is 1. The molecule has 0 amide bonds. The van der Waals surface area contributed by atoms with Gasteiger partial charge >= 0.3 is 5.97 Å². The summed E-state index contributed by atoms with van der Waals surface area (Å²) in [6.07, 6.45) is 6.27. The normalized spacial score (nSPS) is 21.0. The predicted molar refractivity (Wildman–Crippen MR) is 126 cm³/mol. The van der Waals surface area contributed by atoms with E-state index in [-0.39, 0.29) is 18.0 Å². The van der Waals surface area contributed by atoms with Gasteiger partial charge in [-0.15, -0.1) is 11.6 Å². The lowest BCUT2D eigenvalue weighted by atomic mass is 9.86.